The Labute approximate surface area is 89.7 Å². The van der Waals surface area contributed by atoms with Crippen LogP contribution in [0.4, 0.5) is 0 Å². The van der Waals surface area contributed by atoms with Crippen molar-refractivity contribution in [3.8, 4) is 0 Å². The van der Waals surface area contributed by atoms with Gasteiger partial charge in [-0.2, -0.15) is 0 Å². The summed E-state index contributed by atoms with van der Waals surface area (Å²) < 4.78 is 5.41. The molecule has 1 rings (SSSR count). The van der Waals surface area contributed by atoms with Gasteiger partial charge in [-0.05, 0) is 12.8 Å². The van der Waals surface area contributed by atoms with Gasteiger partial charge in [0.2, 0.25) is 0 Å². The Bertz CT molecular complexity index is 312. The summed E-state index contributed by atoms with van der Waals surface area (Å²) >= 11 is 0. The molecule has 0 radical (unpaired) electrons. The van der Waals surface area contributed by atoms with E-state index in [1.165, 1.54) is 18.7 Å². The van der Waals surface area contributed by atoms with Crippen molar-refractivity contribution in [2.24, 2.45) is 5.92 Å². The first-order valence-corrected chi connectivity index (χ1v) is 5.07. The molecule has 4 nitrogen and oxygen atoms in total. The third-order valence-electron chi connectivity index (χ3n) is 2.06. The van der Waals surface area contributed by atoms with Crippen LogP contribution in [0.3, 0.4) is 0 Å². The second-order valence-electron chi connectivity index (χ2n) is 3.61. The van der Waals surface area contributed by atoms with Crippen molar-refractivity contribution >= 4 is 5.78 Å². The van der Waals surface area contributed by atoms with Crippen molar-refractivity contribution in [1.29, 1.82) is 0 Å². The zero-order valence-electron chi connectivity index (χ0n) is 9.30. The van der Waals surface area contributed by atoms with E-state index >= 15 is 0 Å². The van der Waals surface area contributed by atoms with Gasteiger partial charge in [0.05, 0.1) is 5.56 Å². The molecule has 0 aliphatic heterocycles. The van der Waals surface area contributed by atoms with E-state index in [2.05, 4.69) is 9.97 Å². The lowest BCUT2D eigenvalue weighted by Crippen LogP contribution is -2.30. The molecular formula is C11H16N2O2. The molecule has 4 heteroatoms. The predicted molar refractivity (Wildman–Crippen MR) is 56.6 cm³/mol. The Balaban J connectivity index is 2.81. The molecule has 1 aromatic heterocycles. The van der Waals surface area contributed by atoms with Crippen LogP contribution in [0.1, 0.15) is 31.1 Å². The summed E-state index contributed by atoms with van der Waals surface area (Å²) in [7, 11) is 0. The lowest BCUT2D eigenvalue weighted by atomic mass is 9.99. The molecule has 82 valence electrons. The summed E-state index contributed by atoms with van der Waals surface area (Å²) in [5.74, 6) is 0.102. The fraction of sp³-hybridized carbons (Fsp3) is 0.545. The van der Waals surface area contributed by atoms with Gasteiger partial charge in [-0.1, -0.05) is 13.8 Å². The van der Waals surface area contributed by atoms with Gasteiger partial charge < -0.3 is 4.74 Å². The number of aromatic nitrogens is 2. The Kier molecular flexibility index (Phi) is 4.37. The molecule has 0 saturated carbocycles. The minimum Gasteiger partial charge on any atom is -0.370 e. The quantitative estimate of drug-likeness (QED) is 0.691. The van der Waals surface area contributed by atoms with Crippen molar-refractivity contribution in [2.45, 2.75) is 26.9 Å². The molecule has 1 atom stereocenters. The van der Waals surface area contributed by atoms with Gasteiger partial charge in [0.1, 0.15) is 12.4 Å². The molecule has 0 aliphatic carbocycles. The van der Waals surface area contributed by atoms with Gasteiger partial charge in [-0.15, -0.1) is 0 Å². The Hall–Kier alpha value is -1.29. The van der Waals surface area contributed by atoms with Crippen LogP contribution in [0.25, 0.3) is 0 Å². The monoisotopic (exact) mass is 208 g/mol. The molecular weight excluding hydrogens is 192 g/mol. The Morgan fingerprint density at radius 2 is 2.00 bits per heavy atom. The smallest absolute Gasteiger partial charge is 0.194 e. The van der Waals surface area contributed by atoms with Gasteiger partial charge in [-0.25, -0.2) is 9.97 Å². The number of nitrogens with zero attached hydrogens (tertiary/aromatic N) is 2. The van der Waals surface area contributed by atoms with Crippen molar-refractivity contribution in [3.05, 3.63) is 24.3 Å². The van der Waals surface area contributed by atoms with E-state index in [1.54, 1.807) is 0 Å². The van der Waals surface area contributed by atoms with Crippen molar-refractivity contribution in [1.82, 2.24) is 9.97 Å². The molecule has 0 bridgehead atoms. The molecule has 1 unspecified atom stereocenters. The summed E-state index contributed by atoms with van der Waals surface area (Å²) in [6.07, 6.45) is 4.04. The number of carbonyl (C=O) groups excluding carboxylic acids is 1. The van der Waals surface area contributed by atoms with E-state index in [0.717, 1.165) is 0 Å². The molecule has 0 N–H and O–H groups in total. The molecule has 0 aliphatic rings. The summed E-state index contributed by atoms with van der Waals surface area (Å²) in [4.78, 5) is 19.6. The van der Waals surface area contributed by atoms with E-state index in [4.69, 9.17) is 4.74 Å². The molecule has 1 heterocycles. The fourth-order valence-electron chi connectivity index (χ4n) is 1.34. The SMILES string of the molecule is CCOC(C(=O)c1cncnc1)C(C)C. The van der Waals surface area contributed by atoms with Crippen LogP contribution in [-0.2, 0) is 4.74 Å². The van der Waals surface area contributed by atoms with Gasteiger partial charge in [-0.3, -0.25) is 4.79 Å². The van der Waals surface area contributed by atoms with Gasteiger partial charge in [0, 0.05) is 19.0 Å². The van der Waals surface area contributed by atoms with Gasteiger partial charge >= 0.3 is 0 Å². The normalized spacial score (nSPS) is 12.8. The minimum absolute atomic E-state index is 0.0487. The molecule has 1 aromatic rings. The van der Waals surface area contributed by atoms with Gasteiger partial charge in [0.25, 0.3) is 0 Å². The van der Waals surface area contributed by atoms with Crippen LogP contribution in [0, 0.1) is 5.92 Å². The number of ether oxygens (including phenoxy) is 1. The third kappa shape index (κ3) is 3.09. The first-order chi connectivity index (χ1) is 7.16. The zero-order chi connectivity index (χ0) is 11.3. The van der Waals surface area contributed by atoms with Crippen molar-refractivity contribution in [2.75, 3.05) is 6.61 Å². The lowest BCUT2D eigenvalue weighted by molar-refractivity contribution is 0.0279. The summed E-state index contributed by atoms with van der Waals surface area (Å²) in [5.41, 5.74) is 0.504. The van der Waals surface area contributed by atoms with Crippen LogP contribution >= 0.6 is 0 Å². The van der Waals surface area contributed by atoms with Crippen LogP contribution in [-0.4, -0.2) is 28.5 Å². The molecule has 0 aromatic carbocycles. The highest BCUT2D eigenvalue weighted by molar-refractivity contribution is 5.99. The number of ketones is 1. The average Bonchev–Trinajstić information content (AvgIpc) is 2.26. The van der Waals surface area contributed by atoms with E-state index in [-0.39, 0.29) is 11.7 Å². The second-order valence-corrected chi connectivity index (χ2v) is 3.61. The minimum atomic E-state index is -0.402. The second kappa shape index (κ2) is 5.56. The molecule has 15 heavy (non-hydrogen) atoms. The van der Waals surface area contributed by atoms with Crippen LogP contribution in [0.5, 0.6) is 0 Å². The number of Topliss-reactive ketones (excluding diaryl/α,β-unsaturated/α-hetero) is 1. The zero-order valence-corrected chi connectivity index (χ0v) is 9.30. The Morgan fingerprint density at radius 3 is 2.47 bits per heavy atom. The number of rotatable bonds is 5. The Morgan fingerprint density at radius 1 is 1.40 bits per heavy atom. The first kappa shape index (κ1) is 11.8. The average molecular weight is 208 g/mol. The summed E-state index contributed by atoms with van der Waals surface area (Å²) in [6.45, 7) is 6.33. The predicted octanol–water partition coefficient (Wildman–Crippen LogP) is 1.72. The van der Waals surface area contributed by atoms with Crippen LogP contribution < -0.4 is 0 Å². The van der Waals surface area contributed by atoms with Crippen LogP contribution in [0.15, 0.2) is 18.7 Å². The summed E-state index contributed by atoms with van der Waals surface area (Å²) in [5, 5.41) is 0. The van der Waals surface area contributed by atoms with E-state index in [1.807, 2.05) is 20.8 Å². The first-order valence-electron chi connectivity index (χ1n) is 5.07. The lowest BCUT2D eigenvalue weighted by Gasteiger charge is -2.18. The van der Waals surface area contributed by atoms with E-state index in [0.29, 0.717) is 12.2 Å². The largest absolute Gasteiger partial charge is 0.370 e. The number of hydrogen-bond donors (Lipinski definition) is 0. The topological polar surface area (TPSA) is 52.1 Å². The maximum Gasteiger partial charge on any atom is 0.194 e. The van der Waals surface area contributed by atoms with Gasteiger partial charge in [0.15, 0.2) is 5.78 Å². The maximum atomic E-state index is 12.0. The molecule has 0 fully saturated rings. The standard InChI is InChI=1S/C11H16N2O2/c1-4-15-11(8(2)3)10(14)9-5-12-7-13-6-9/h5-8,11H,4H2,1-3H3. The molecule has 0 amide bonds. The summed E-state index contributed by atoms with van der Waals surface area (Å²) in [6, 6.07) is 0. The number of carbonyl (C=O) groups is 1. The third-order valence-corrected chi connectivity index (χ3v) is 2.06. The van der Waals surface area contributed by atoms with E-state index in [9.17, 15) is 4.79 Å². The van der Waals surface area contributed by atoms with Crippen molar-refractivity contribution < 1.29 is 9.53 Å². The maximum absolute atomic E-state index is 12.0. The van der Waals surface area contributed by atoms with E-state index < -0.39 is 6.10 Å². The molecule has 0 spiro atoms. The molecule has 0 saturated heterocycles. The fourth-order valence-corrected chi connectivity index (χ4v) is 1.34. The highest BCUT2D eigenvalue weighted by atomic mass is 16.5. The van der Waals surface area contributed by atoms with Crippen molar-refractivity contribution in [3.63, 3.8) is 0 Å². The highest BCUT2D eigenvalue weighted by Gasteiger charge is 2.23. The highest BCUT2D eigenvalue weighted by Crippen LogP contribution is 2.12. The van der Waals surface area contributed by atoms with Crippen LogP contribution in [0.2, 0.25) is 0 Å². The number of hydrogen-bond acceptors (Lipinski definition) is 4.